The number of alkyl halides is 3. The van der Waals surface area contributed by atoms with Gasteiger partial charge in [-0.25, -0.2) is 0 Å². The molecule has 2 nitrogen and oxygen atoms in total. The standard InChI is InChI=1S/C10H7F3NO/c1-14-5-4-7-6-8(2-3-9(7)14)15-10(11,12)13/h2-4,6H,1H3. The molecule has 1 aromatic carbocycles. The summed E-state index contributed by atoms with van der Waals surface area (Å²) >= 11 is 0. The molecule has 0 fully saturated rings. The summed E-state index contributed by atoms with van der Waals surface area (Å²) < 4.78 is 41.2. The number of halogens is 3. The Kier molecular flexibility index (Phi) is 2.10. The molecule has 0 spiro atoms. The molecule has 1 aromatic heterocycles. The SMILES string of the molecule is Cn1[c]cc2cc(OC(F)(F)F)ccc21. The van der Waals surface area contributed by atoms with Gasteiger partial charge in [0.2, 0.25) is 0 Å². The van der Waals surface area contributed by atoms with Crippen LogP contribution in [0.1, 0.15) is 0 Å². The van der Waals surface area contributed by atoms with Gasteiger partial charge in [0.1, 0.15) is 5.75 Å². The fourth-order valence-corrected chi connectivity index (χ4v) is 1.39. The highest BCUT2D eigenvalue weighted by atomic mass is 19.4. The topological polar surface area (TPSA) is 14.2 Å². The van der Waals surface area contributed by atoms with E-state index in [1.165, 1.54) is 12.1 Å². The van der Waals surface area contributed by atoms with Gasteiger partial charge >= 0.3 is 6.36 Å². The van der Waals surface area contributed by atoms with E-state index in [9.17, 15) is 13.2 Å². The molecule has 0 amide bonds. The molecule has 0 atom stereocenters. The number of nitrogens with zero attached hydrogens (tertiary/aromatic N) is 1. The molecule has 0 bridgehead atoms. The highest BCUT2D eigenvalue weighted by Crippen LogP contribution is 2.26. The Morgan fingerprint density at radius 2 is 2.07 bits per heavy atom. The number of aryl methyl sites for hydroxylation is 1. The highest BCUT2D eigenvalue weighted by Gasteiger charge is 2.31. The number of benzene rings is 1. The fourth-order valence-electron chi connectivity index (χ4n) is 1.39. The molecule has 0 aliphatic heterocycles. The first-order chi connectivity index (χ1) is 6.96. The normalized spacial score (nSPS) is 12.0. The zero-order valence-electron chi connectivity index (χ0n) is 7.80. The fraction of sp³-hybridized carbons (Fsp3) is 0.200. The molecule has 79 valence electrons. The molecule has 1 heterocycles. The lowest BCUT2D eigenvalue weighted by Gasteiger charge is -2.08. The van der Waals surface area contributed by atoms with Crippen LogP contribution in [0.15, 0.2) is 24.3 Å². The van der Waals surface area contributed by atoms with E-state index in [4.69, 9.17) is 0 Å². The quantitative estimate of drug-likeness (QED) is 0.711. The molecule has 0 saturated heterocycles. The maximum absolute atomic E-state index is 11.9. The van der Waals surface area contributed by atoms with Crippen LogP contribution in [-0.2, 0) is 7.05 Å². The predicted octanol–water partition coefficient (Wildman–Crippen LogP) is 2.88. The van der Waals surface area contributed by atoms with Crippen LogP contribution in [0.3, 0.4) is 0 Å². The van der Waals surface area contributed by atoms with E-state index in [1.807, 2.05) is 0 Å². The van der Waals surface area contributed by atoms with Crippen molar-refractivity contribution in [2.75, 3.05) is 0 Å². The van der Waals surface area contributed by atoms with Crippen molar-refractivity contribution < 1.29 is 17.9 Å². The lowest BCUT2D eigenvalue weighted by Crippen LogP contribution is -2.16. The molecule has 0 aliphatic carbocycles. The van der Waals surface area contributed by atoms with Gasteiger partial charge in [0.15, 0.2) is 0 Å². The van der Waals surface area contributed by atoms with E-state index in [0.29, 0.717) is 5.39 Å². The minimum absolute atomic E-state index is 0.213. The molecule has 0 N–H and O–H groups in total. The Bertz CT molecular complexity index is 487. The maximum atomic E-state index is 11.9. The number of aromatic nitrogens is 1. The van der Waals surface area contributed by atoms with Gasteiger partial charge in [0, 0.05) is 18.0 Å². The summed E-state index contributed by atoms with van der Waals surface area (Å²) in [5.74, 6) is -0.213. The number of hydrogen-bond acceptors (Lipinski definition) is 1. The zero-order chi connectivity index (χ0) is 11.1. The van der Waals surface area contributed by atoms with Gasteiger partial charge in [-0.1, -0.05) is 0 Å². The molecule has 0 unspecified atom stereocenters. The van der Waals surface area contributed by atoms with Gasteiger partial charge in [-0.15, -0.1) is 13.2 Å². The lowest BCUT2D eigenvalue weighted by atomic mass is 10.2. The molecule has 1 radical (unpaired) electrons. The van der Waals surface area contributed by atoms with Gasteiger partial charge in [-0.3, -0.25) is 0 Å². The van der Waals surface area contributed by atoms with Crippen LogP contribution in [0.25, 0.3) is 10.9 Å². The van der Waals surface area contributed by atoms with Gasteiger partial charge < -0.3 is 9.30 Å². The summed E-state index contributed by atoms with van der Waals surface area (Å²) in [6.45, 7) is 0. The molecule has 2 aromatic rings. The van der Waals surface area contributed by atoms with Crippen LogP contribution < -0.4 is 4.74 Å². The van der Waals surface area contributed by atoms with Gasteiger partial charge in [-0.05, 0) is 24.3 Å². The Hall–Kier alpha value is -1.65. The van der Waals surface area contributed by atoms with Gasteiger partial charge in [0.25, 0.3) is 0 Å². The second-order valence-corrected chi connectivity index (χ2v) is 3.10. The first kappa shape index (κ1) is 9.89. The van der Waals surface area contributed by atoms with E-state index in [0.717, 1.165) is 5.52 Å². The summed E-state index contributed by atoms with van der Waals surface area (Å²) in [7, 11) is 1.77. The molecule has 15 heavy (non-hydrogen) atoms. The molecular formula is C10H7F3NO. The van der Waals surface area contributed by atoms with E-state index >= 15 is 0 Å². The predicted molar refractivity (Wildman–Crippen MR) is 48.4 cm³/mol. The lowest BCUT2D eigenvalue weighted by molar-refractivity contribution is -0.274. The van der Waals surface area contributed by atoms with Crippen molar-refractivity contribution in [2.24, 2.45) is 7.05 Å². The Labute approximate surface area is 83.9 Å². The molecule has 2 rings (SSSR count). The summed E-state index contributed by atoms with van der Waals surface area (Å²) in [6.07, 6.45) is -1.80. The maximum Gasteiger partial charge on any atom is 0.573 e. The minimum Gasteiger partial charge on any atom is -0.406 e. The van der Waals surface area contributed by atoms with Crippen molar-refractivity contribution in [2.45, 2.75) is 6.36 Å². The zero-order valence-corrected chi connectivity index (χ0v) is 7.80. The molecule has 0 saturated carbocycles. The van der Waals surface area contributed by atoms with Crippen molar-refractivity contribution >= 4 is 10.9 Å². The summed E-state index contributed by atoms with van der Waals surface area (Å²) in [6, 6.07) is 5.79. The second kappa shape index (κ2) is 3.18. The van der Waals surface area contributed by atoms with Crippen molar-refractivity contribution in [1.82, 2.24) is 4.57 Å². The van der Waals surface area contributed by atoms with Crippen LogP contribution in [-0.4, -0.2) is 10.9 Å². The van der Waals surface area contributed by atoms with Crippen LogP contribution in [0.5, 0.6) is 5.75 Å². The average molecular weight is 214 g/mol. The summed E-state index contributed by atoms with van der Waals surface area (Å²) in [4.78, 5) is 0. The number of hydrogen-bond donors (Lipinski definition) is 0. The third-order valence-corrected chi connectivity index (χ3v) is 2.01. The first-order valence-electron chi connectivity index (χ1n) is 4.19. The number of ether oxygens (including phenoxy) is 1. The van der Waals surface area contributed by atoms with E-state index in [2.05, 4.69) is 10.9 Å². The molecular weight excluding hydrogens is 207 g/mol. The molecule has 0 aliphatic rings. The monoisotopic (exact) mass is 214 g/mol. The van der Waals surface area contributed by atoms with Crippen LogP contribution in [0.4, 0.5) is 13.2 Å². The van der Waals surface area contributed by atoms with Crippen LogP contribution >= 0.6 is 0 Å². The van der Waals surface area contributed by atoms with Crippen LogP contribution in [0, 0.1) is 6.20 Å². The van der Waals surface area contributed by atoms with Crippen molar-refractivity contribution in [1.29, 1.82) is 0 Å². The summed E-state index contributed by atoms with van der Waals surface area (Å²) in [5.41, 5.74) is 0.810. The third-order valence-electron chi connectivity index (χ3n) is 2.01. The van der Waals surface area contributed by atoms with E-state index in [1.54, 1.807) is 23.7 Å². The van der Waals surface area contributed by atoms with Crippen molar-refractivity contribution in [3.8, 4) is 5.75 Å². The number of fused-ring (bicyclic) bond motifs is 1. The Morgan fingerprint density at radius 3 is 2.73 bits per heavy atom. The second-order valence-electron chi connectivity index (χ2n) is 3.10. The molecule has 5 heteroatoms. The first-order valence-corrected chi connectivity index (χ1v) is 4.19. The van der Waals surface area contributed by atoms with E-state index in [-0.39, 0.29) is 5.75 Å². The van der Waals surface area contributed by atoms with Crippen molar-refractivity contribution in [3.63, 3.8) is 0 Å². The average Bonchev–Trinajstić information content (AvgIpc) is 2.45. The number of rotatable bonds is 1. The van der Waals surface area contributed by atoms with Gasteiger partial charge in [0.05, 0.1) is 6.20 Å². The highest BCUT2D eigenvalue weighted by molar-refractivity contribution is 5.81. The smallest absolute Gasteiger partial charge is 0.406 e. The van der Waals surface area contributed by atoms with Crippen molar-refractivity contribution in [3.05, 3.63) is 30.5 Å². The Balaban J connectivity index is 2.39. The van der Waals surface area contributed by atoms with E-state index < -0.39 is 6.36 Å². The van der Waals surface area contributed by atoms with Crippen LogP contribution in [0.2, 0.25) is 0 Å². The minimum atomic E-state index is -4.65. The summed E-state index contributed by atoms with van der Waals surface area (Å²) in [5, 5.41) is 0.666. The largest absolute Gasteiger partial charge is 0.573 e. The van der Waals surface area contributed by atoms with Gasteiger partial charge in [-0.2, -0.15) is 0 Å². The third kappa shape index (κ3) is 2.06. The Morgan fingerprint density at radius 1 is 1.33 bits per heavy atom.